The van der Waals surface area contributed by atoms with Crippen LogP contribution in [-0.2, 0) is 15.0 Å². The molecule has 2 amide bonds. The number of anilines is 2. The second kappa shape index (κ2) is 6.27. The summed E-state index contributed by atoms with van der Waals surface area (Å²) in [6, 6.07) is 7.47. The smallest absolute Gasteiger partial charge is 0.315 e. The fourth-order valence-electron chi connectivity index (χ4n) is 1.99. The van der Waals surface area contributed by atoms with Gasteiger partial charge in [0.2, 0.25) is 0 Å². The Labute approximate surface area is 133 Å². The highest BCUT2D eigenvalue weighted by atomic mass is 32.1. The fraction of sp³-hybridized carbons (Fsp3) is 0.312. The molecule has 0 unspecified atom stereocenters. The molecule has 0 aliphatic rings. The van der Waals surface area contributed by atoms with E-state index in [4.69, 9.17) is 0 Å². The van der Waals surface area contributed by atoms with Crippen LogP contribution < -0.4 is 10.6 Å². The van der Waals surface area contributed by atoms with Gasteiger partial charge >= 0.3 is 11.8 Å². The van der Waals surface area contributed by atoms with Gasteiger partial charge in [-0.15, -0.1) is 11.3 Å². The number of hydrogen-bond donors (Lipinski definition) is 2. The Kier molecular flexibility index (Phi) is 4.61. The maximum atomic E-state index is 12.1. The summed E-state index contributed by atoms with van der Waals surface area (Å²) in [6.07, 6.45) is 0. The summed E-state index contributed by atoms with van der Waals surface area (Å²) < 4.78 is 0. The first kappa shape index (κ1) is 16.2. The lowest BCUT2D eigenvalue weighted by molar-refractivity contribution is -0.133. The molecule has 6 heteroatoms. The van der Waals surface area contributed by atoms with Crippen molar-refractivity contribution in [2.75, 3.05) is 10.6 Å². The molecule has 1 aromatic carbocycles. The van der Waals surface area contributed by atoms with Gasteiger partial charge in [0, 0.05) is 11.1 Å². The summed E-state index contributed by atoms with van der Waals surface area (Å²) in [4.78, 5) is 28.1. The largest absolute Gasteiger partial charge is 0.317 e. The molecule has 5 nitrogen and oxygen atoms in total. The molecule has 0 radical (unpaired) electrons. The Balaban J connectivity index is 2.10. The van der Waals surface area contributed by atoms with E-state index < -0.39 is 11.8 Å². The Hall–Kier alpha value is -2.21. The Bertz CT molecular complexity index is 701. The zero-order valence-corrected chi connectivity index (χ0v) is 13.9. The molecular weight excluding hydrogens is 298 g/mol. The van der Waals surface area contributed by atoms with Gasteiger partial charge in [0.15, 0.2) is 5.13 Å². The number of carbonyl (C=O) groups is 2. The summed E-state index contributed by atoms with van der Waals surface area (Å²) in [6.45, 7) is 7.98. The van der Waals surface area contributed by atoms with Crippen molar-refractivity contribution in [2.24, 2.45) is 0 Å². The summed E-state index contributed by atoms with van der Waals surface area (Å²) >= 11 is 1.29. The predicted molar refractivity (Wildman–Crippen MR) is 89.3 cm³/mol. The van der Waals surface area contributed by atoms with Crippen molar-refractivity contribution < 1.29 is 9.59 Å². The second-order valence-electron chi connectivity index (χ2n) is 6.00. The molecule has 0 saturated heterocycles. The molecule has 2 aromatic rings. The number of para-hydroxylation sites is 1. The van der Waals surface area contributed by atoms with Crippen molar-refractivity contribution in [1.82, 2.24) is 4.98 Å². The normalized spacial score (nSPS) is 11.1. The first-order valence-corrected chi connectivity index (χ1v) is 7.79. The Morgan fingerprint density at radius 3 is 2.32 bits per heavy atom. The van der Waals surface area contributed by atoms with Crippen LogP contribution in [0, 0.1) is 6.92 Å². The molecule has 0 aliphatic carbocycles. The molecule has 0 aliphatic heterocycles. The maximum Gasteiger partial charge on any atom is 0.315 e. The number of aryl methyl sites for hydroxylation is 1. The molecule has 0 atom stereocenters. The predicted octanol–water partition coefficient (Wildman–Crippen LogP) is 3.33. The monoisotopic (exact) mass is 317 g/mol. The highest BCUT2D eigenvalue weighted by molar-refractivity contribution is 7.14. The molecule has 1 heterocycles. The highest BCUT2D eigenvalue weighted by Gasteiger charge is 2.21. The number of hydrogen-bond acceptors (Lipinski definition) is 4. The van der Waals surface area contributed by atoms with Crippen LogP contribution >= 0.6 is 11.3 Å². The topological polar surface area (TPSA) is 71.1 Å². The highest BCUT2D eigenvalue weighted by Crippen LogP contribution is 2.29. The van der Waals surface area contributed by atoms with Gasteiger partial charge in [0.1, 0.15) is 0 Å². The van der Waals surface area contributed by atoms with E-state index in [2.05, 4.69) is 36.4 Å². The number of amides is 2. The fourth-order valence-corrected chi connectivity index (χ4v) is 2.67. The molecule has 0 bridgehead atoms. The van der Waals surface area contributed by atoms with Crippen LogP contribution in [0.25, 0.3) is 0 Å². The van der Waals surface area contributed by atoms with Crippen molar-refractivity contribution in [1.29, 1.82) is 0 Å². The number of nitrogens with zero attached hydrogens (tertiary/aromatic N) is 1. The molecule has 0 fully saturated rings. The van der Waals surface area contributed by atoms with Gasteiger partial charge in [-0.05, 0) is 24.0 Å². The molecule has 2 N–H and O–H groups in total. The lowest BCUT2D eigenvalue weighted by Crippen LogP contribution is -2.30. The van der Waals surface area contributed by atoms with Crippen LogP contribution in [-0.4, -0.2) is 16.8 Å². The summed E-state index contributed by atoms with van der Waals surface area (Å²) in [5.74, 6) is -1.43. The van der Waals surface area contributed by atoms with Gasteiger partial charge in [-0.1, -0.05) is 39.0 Å². The molecule has 1 aromatic heterocycles. The molecular formula is C16H19N3O2S. The number of nitrogens with one attached hydrogen (secondary N) is 2. The maximum absolute atomic E-state index is 12.1. The van der Waals surface area contributed by atoms with Crippen molar-refractivity contribution in [2.45, 2.75) is 33.1 Å². The molecule has 116 valence electrons. The van der Waals surface area contributed by atoms with Crippen LogP contribution in [0.2, 0.25) is 0 Å². The lowest BCUT2D eigenvalue weighted by Gasteiger charge is -2.22. The van der Waals surface area contributed by atoms with E-state index in [9.17, 15) is 9.59 Å². The number of carbonyl (C=O) groups excluding carboxylic acids is 2. The van der Waals surface area contributed by atoms with Gasteiger partial charge < -0.3 is 5.32 Å². The van der Waals surface area contributed by atoms with Crippen LogP contribution in [0.4, 0.5) is 10.8 Å². The minimum absolute atomic E-state index is 0.132. The summed E-state index contributed by atoms with van der Waals surface area (Å²) in [5, 5.41) is 7.39. The third kappa shape index (κ3) is 3.92. The second-order valence-corrected chi connectivity index (χ2v) is 6.86. The van der Waals surface area contributed by atoms with Gasteiger partial charge in [-0.2, -0.15) is 0 Å². The zero-order chi connectivity index (χ0) is 16.3. The first-order valence-electron chi connectivity index (χ1n) is 6.91. The minimum atomic E-state index is -0.724. The lowest BCUT2D eigenvalue weighted by atomic mass is 9.86. The molecule has 22 heavy (non-hydrogen) atoms. The quantitative estimate of drug-likeness (QED) is 0.835. The van der Waals surface area contributed by atoms with Crippen molar-refractivity contribution in [3.63, 3.8) is 0 Å². The average molecular weight is 317 g/mol. The first-order chi connectivity index (χ1) is 10.3. The number of benzene rings is 1. The van der Waals surface area contributed by atoms with Crippen LogP contribution in [0.15, 0.2) is 29.6 Å². The van der Waals surface area contributed by atoms with Crippen molar-refractivity contribution >= 4 is 34.0 Å². The van der Waals surface area contributed by atoms with Gasteiger partial charge in [0.25, 0.3) is 0 Å². The zero-order valence-electron chi connectivity index (χ0n) is 13.1. The molecule has 0 saturated carbocycles. The Morgan fingerprint density at radius 2 is 1.73 bits per heavy atom. The van der Waals surface area contributed by atoms with Crippen LogP contribution in [0.5, 0.6) is 0 Å². The summed E-state index contributed by atoms with van der Waals surface area (Å²) in [5.41, 5.74) is 2.29. The van der Waals surface area contributed by atoms with E-state index in [0.717, 1.165) is 11.3 Å². The number of rotatable bonds is 2. The SMILES string of the molecule is Cc1csc(NC(=O)C(=O)Nc2ccccc2C(C)(C)C)n1. The van der Waals surface area contributed by atoms with E-state index in [-0.39, 0.29) is 5.41 Å². The van der Waals surface area contributed by atoms with Crippen LogP contribution in [0.1, 0.15) is 32.0 Å². The standard InChI is InChI=1S/C16H19N3O2S/c1-10-9-22-15(17-10)19-14(21)13(20)18-12-8-6-5-7-11(12)16(2,3)4/h5-9H,1-4H3,(H,18,20)(H,17,19,21). The average Bonchev–Trinajstić information content (AvgIpc) is 2.83. The van der Waals surface area contributed by atoms with Crippen molar-refractivity contribution in [3.05, 3.63) is 40.9 Å². The third-order valence-corrected chi connectivity index (χ3v) is 3.90. The molecule has 0 spiro atoms. The van der Waals surface area contributed by atoms with Gasteiger partial charge in [-0.3, -0.25) is 14.9 Å². The third-order valence-electron chi connectivity index (χ3n) is 3.03. The van der Waals surface area contributed by atoms with E-state index >= 15 is 0 Å². The summed E-state index contributed by atoms with van der Waals surface area (Å²) in [7, 11) is 0. The van der Waals surface area contributed by atoms with E-state index in [1.807, 2.05) is 30.5 Å². The van der Waals surface area contributed by atoms with E-state index in [1.165, 1.54) is 11.3 Å². The molecule has 2 rings (SSSR count). The minimum Gasteiger partial charge on any atom is -0.317 e. The van der Waals surface area contributed by atoms with E-state index in [0.29, 0.717) is 10.8 Å². The van der Waals surface area contributed by atoms with Gasteiger partial charge in [-0.25, -0.2) is 4.98 Å². The van der Waals surface area contributed by atoms with Gasteiger partial charge in [0.05, 0.1) is 5.69 Å². The van der Waals surface area contributed by atoms with E-state index in [1.54, 1.807) is 6.07 Å². The Morgan fingerprint density at radius 1 is 1.09 bits per heavy atom. The number of aromatic nitrogens is 1. The van der Waals surface area contributed by atoms with Crippen molar-refractivity contribution in [3.8, 4) is 0 Å². The van der Waals surface area contributed by atoms with Crippen LogP contribution in [0.3, 0.4) is 0 Å². The number of thiazole rings is 1.